The number of rotatable bonds is 1. The average molecular weight is 192 g/mol. The molecule has 0 aromatic rings. The van der Waals surface area contributed by atoms with Crippen LogP contribution in [0.3, 0.4) is 0 Å². The van der Waals surface area contributed by atoms with Gasteiger partial charge in [-0.25, -0.2) is 4.79 Å². The molecule has 5 atom stereocenters. The topological polar surface area (TPSA) is 55.1 Å². The van der Waals surface area contributed by atoms with Gasteiger partial charge in [-0.15, -0.1) is 0 Å². The van der Waals surface area contributed by atoms with Crippen molar-refractivity contribution in [2.24, 2.45) is 28.9 Å². The number of nitrogens with two attached hydrogens (primary N) is 1. The van der Waals surface area contributed by atoms with E-state index in [0.717, 1.165) is 17.8 Å². The van der Waals surface area contributed by atoms with E-state index in [0.29, 0.717) is 5.41 Å². The smallest absolute Gasteiger partial charge is 0.312 e. The Labute approximate surface area is 83.4 Å². The van der Waals surface area contributed by atoms with Crippen LogP contribution in [0, 0.1) is 23.2 Å². The van der Waals surface area contributed by atoms with Crippen molar-refractivity contribution in [3.63, 3.8) is 0 Å². The Morgan fingerprint density at radius 1 is 1.21 bits per heavy atom. The maximum atomic E-state index is 11.0. The number of urea groups is 1. The van der Waals surface area contributed by atoms with Crippen molar-refractivity contribution in [3.8, 4) is 0 Å². The zero-order valence-electron chi connectivity index (χ0n) is 8.25. The van der Waals surface area contributed by atoms with E-state index in [1.165, 1.54) is 32.1 Å². The van der Waals surface area contributed by atoms with Crippen molar-refractivity contribution in [1.29, 1.82) is 0 Å². The summed E-state index contributed by atoms with van der Waals surface area (Å²) < 4.78 is 0. The van der Waals surface area contributed by atoms with Gasteiger partial charge in [-0.3, -0.25) is 0 Å². The first-order chi connectivity index (χ1) is 6.66. The van der Waals surface area contributed by atoms with Crippen LogP contribution >= 0.6 is 0 Å². The molecule has 4 aliphatic carbocycles. The lowest BCUT2D eigenvalue weighted by Gasteiger charge is -2.72. The summed E-state index contributed by atoms with van der Waals surface area (Å²) in [6.45, 7) is 0. The van der Waals surface area contributed by atoms with Gasteiger partial charge in [0.2, 0.25) is 0 Å². The zero-order valence-corrected chi connectivity index (χ0v) is 8.25. The van der Waals surface area contributed by atoms with Gasteiger partial charge in [-0.1, -0.05) is 0 Å². The molecule has 3 nitrogen and oxygen atoms in total. The first kappa shape index (κ1) is 7.55. The Bertz CT molecular complexity index is 342. The van der Waals surface area contributed by atoms with E-state index in [-0.39, 0.29) is 11.6 Å². The third kappa shape index (κ3) is 0.510. The van der Waals surface area contributed by atoms with E-state index in [2.05, 4.69) is 5.32 Å². The molecular formula is C11H16N2O. The fraction of sp³-hybridized carbons (Fsp3) is 0.909. The molecule has 76 valence electrons. The molecule has 0 radical (unpaired) electrons. The molecule has 3 N–H and O–H groups in total. The van der Waals surface area contributed by atoms with Crippen molar-refractivity contribution < 1.29 is 4.79 Å². The molecule has 5 unspecified atom stereocenters. The van der Waals surface area contributed by atoms with Crippen molar-refractivity contribution in [2.75, 3.05) is 0 Å². The van der Waals surface area contributed by atoms with Crippen LogP contribution in [0.5, 0.6) is 0 Å². The molecule has 4 aliphatic rings. The van der Waals surface area contributed by atoms with Gasteiger partial charge in [0.1, 0.15) is 0 Å². The largest absolute Gasteiger partial charge is 0.352 e. The summed E-state index contributed by atoms with van der Waals surface area (Å²) in [5.41, 5.74) is 5.96. The molecule has 0 aliphatic heterocycles. The Balaban J connectivity index is 1.74. The third-order valence-electron chi connectivity index (χ3n) is 5.76. The predicted molar refractivity (Wildman–Crippen MR) is 51.4 cm³/mol. The van der Waals surface area contributed by atoms with E-state index in [9.17, 15) is 4.79 Å². The maximum Gasteiger partial charge on any atom is 0.312 e. The van der Waals surface area contributed by atoms with Gasteiger partial charge >= 0.3 is 6.03 Å². The second-order valence-electron chi connectivity index (χ2n) is 5.96. The lowest BCUT2D eigenvalue weighted by atomic mass is 9.35. The molecule has 4 saturated carbocycles. The second-order valence-corrected chi connectivity index (χ2v) is 5.96. The van der Waals surface area contributed by atoms with Gasteiger partial charge < -0.3 is 11.1 Å². The first-order valence-corrected chi connectivity index (χ1v) is 5.74. The fourth-order valence-corrected chi connectivity index (χ4v) is 5.64. The molecule has 0 aromatic carbocycles. The number of carbonyl (C=O) groups excluding carboxylic acids is 1. The quantitative estimate of drug-likeness (QED) is 0.645. The van der Waals surface area contributed by atoms with Gasteiger partial charge in [0.15, 0.2) is 0 Å². The molecular weight excluding hydrogens is 176 g/mol. The van der Waals surface area contributed by atoms with E-state index >= 15 is 0 Å². The number of hydrogen-bond donors (Lipinski definition) is 2. The number of primary amides is 1. The van der Waals surface area contributed by atoms with Crippen LogP contribution in [0.1, 0.15) is 32.1 Å². The number of carbonyl (C=O) groups is 1. The molecule has 0 heterocycles. The normalized spacial score (nSPS) is 61.3. The summed E-state index contributed by atoms with van der Waals surface area (Å²) in [5, 5.41) is 3.08. The molecule has 1 spiro atoms. The number of fused-ring (bicyclic) bond motifs is 1. The van der Waals surface area contributed by atoms with Crippen LogP contribution in [0.15, 0.2) is 0 Å². The summed E-state index contributed by atoms with van der Waals surface area (Å²) in [4.78, 5) is 11.0. The first-order valence-electron chi connectivity index (χ1n) is 5.74. The molecule has 2 amide bonds. The van der Waals surface area contributed by atoms with Crippen molar-refractivity contribution in [2.45, 2.75) is 37.6 Å². The molecule has 14 heavy (non-hydrogen) atoms. The lowest BCUT2D eigenvalue weighted by molar-refractivity contribution is -0.201. The van der Waals surface area contributed by atoms with E-state index < -0.39 is 0 Å². The van der Waals surface area contributed by atoms with Gasteiger partial charge in [0.25, 0.3) is 0 Å². The molecule has 3 heteroatoms. The number of nitrogens with one attached hydrogen (secondary N) is 1. The fourth-order valence-electron chi connectivity index (χ4n) is 5.64. The van der Waals surface area contributed by atoms with Gasteiger partial charge in [0.05, 0.1) is 0 Å². The lowest BCUT2D eigenvalue weighted by Crippen LogP contribution is -2.77. The van der Waals surface area contributed by atoms with E-state index in [1.54, 1.807) is 0 Å². The molecule has 0 aromatic heterocycles. The Hall–Kier alpha value is -0.730. The average Bonchev–Trinajstić information content (AvgIpc) is 2.49. The van der Waals surface area contributed by atoms with Gasteiger partial charge in [-0.2, -0.15) is 0 Å². The van der Waals surface area contributed by atoms with Crippen LogP contribution in [-0.2, 0) is 0 Å². The summed E-state index contributed by atoms with van der Waals surface area (Å²) in [6, 6.07) is -0.309. The maximum absolute atomic E-state index is 11.0. The van der Waals surface area contributed by atoms with Gasteiger partial charge in [-0.05, 0) is 55.3 Å². The summed E-state index contributed by atoms with van der Waals surface area (Å²) in [6.07, 6.45) is 6.66. The van der Waals surface area contributed by atoms with Gasteiger partial charge in [0, 0.05) is 5.54 Å². The standard InChI is InChI=1S/C11H16N2O/c12-9(14)13-10-3-6-1-7-2-8(5-10)11(7,10)4-6/h6-8H,1-5H2,(H3,12,13,14). The van der Waals surface area contributed by atoms with Crippen molar-refractivity contribution in [1.82, 2.24) is 5.32 Å². The van der Waals surface area contributed by atoms with Crippen LogP contribution in [0.25, 0.3) is 0 Å². The summed E-state index contributed by atoms with van der Waals surface area (Å²) in [5.74, 6) is 2.73. The summed E-state index contributed by atoms with van der Waals surface area (Å²) >= 11 is 0. The summed E-state index contributed by atoms with van der Waals surface area (Å²) in [7, 11) is 0. The highest BCUT2D eigenvalue weighted by atomic mass is 16.2. The highest BCUT2D eigenvalue weighted by Gasteiger charge is 2.80. The number of amides is 2. The SMILES string of the molecule is NC(=O)NC12CC3CC4CC(C1)C42C3. The predicted octanol–water partition coefficient (Wildman–Crippen LogP) is 1.23. The van der Waals surface area contributed by atoms with Crippen LogP contribution in [0.2, 0.25) is 0 Å². The zero-order chi connectivity index (χ0) is 9.55. The molecule has 4 fully saturated rings. The van der Waals surface area contributed by atoms with E-state index in [1.807, 2.05) is 0 Å². The Morgan fingerprint density at radius 3 is 2.71 bits per heavy atom. The van der Waals surface area contributed by atoms with Crippen LogP contribution < -0.4 is 11.1 Å². The monoisotopic (exact) mass is 192 g/mol. The minimum atomic E-state index is -0.309. The molecule has 2 bridgehead atoms. The Kier molecular flexibility index (Phi) is 0.981. The second kappa shape index (κ2) is 1.82. The minimum absolute atomic E-state index is 0.148. The number of hydrogen-bond acceptors (Lipinski definition) is 1. The molecule has 4 rings (SSSR count). The third-order valence-corrected chi connectivity index (χ3v) is 5.76. The minimum Gasteiger partial charge on any atom is -0.352 e. The van der Waals surface area contributed by atoms with Crippen LogP contribution in [-0.4, -0.2) is 11.6 Å². The van der Waals surface area contributed by atoms with Crippen LogP contribution in [0.4, 0.5) is 4.79 Å². The Morgan fingerprint density at radius 2 is 2.07 bits per heavy atom. The van der Waals surface area contributed by atoms with Crippen molar-refractivity contribution in [3.05, 3.63) is 0 Å². The van der Waals surface area contributed by atoms with Crippen molar-refractivity contribution >= 4 is 6.03 Å². The van der Waals surface area contributed by atoms with E-state index in [4.69, 9.17) is 5.73 Å². The highest BCUT2D eigenvalue weighted by Crippen LogP contribution is 2.82. The highest BCUT2D eigenvalue weighted by molar-refractivity contribution is 5.73. The molecule has 0 saturated heterocycles.